The van der Waals surface area contributed by atoms with Gasteiger partial charge < -0.3 is 9.47 Å². The van der Waals surface area contributed by atoms with E-state index in [-0.39, 0.29) is 22.9 Å². The molecule has 132 valence electrons. The van der Waals surface area contributed by atoms with Gasteiger partial charge in [-0.15, -0.1) is 0 Å². The number of hydrogen-bond acceptors (Lipinski definition) is 3. The Morgan fingerprint density at radius 3 is 2.85 bits per heavy atom. The molecule has 1 aliphatic heterocycles. The molecule has 1 atom stereocenters. The van der Waals surface area contributed by atoms with Crippen LogP contribution in [-0.4, -0.2) is 26.9 Å². The van der Waals surface area contributed by atoms with E-state index in [0.717, 1.165) is 29.6 Å². The average Bonchev–Trinajstić information content (AvgIpc) is 3.14. The van der Waals surface area contributed by atoms with Gasteiger partial charge in [-0.05, 0) is 44.0 Å². The molecule has 0 saturated carbocycles. The molecule has 1 unspecified atom stereocenters. The zero-order valence-electron chi connectivity index (χ0n) is 15.0. The first-order valence-electron chi connectivity index (χ1n) is 8.88. The molecule has 1 fully saturated rings. The van der Waals surface area contributed by atoms with Crippen molar-refractivity contribution in [3.63, 3.8) is 0 Å². The van der Waals surface area contributed by atoms with Crippen LogP contribution in [0.1, 0.15) is 40.5 Å². The van der Waals surface area contributed by atoms with Crippen molar-refractivity contribution >= 4 is 16.8 Å². The molecule has 1 aliphatic rings. The predicted octanol–water partition coefficient (Wildman–Crippen LogP) is 3.22. The van der Waals surface area contributed by atoms with E-state index in [0.29, 0.717) is 11.9 Å². The molecule has 0 radical (unpaired) electrons. The average molecular weight is 347 g/mol. The highest BCUT2D eigenvalue weighted by Gasteiger charge is 2.32. The van der Waals surface area contributed by atoms with E-state index in [1.807, 2.05) is 54.9 Å². The minimum atomic E-state index is -0.206. The van der Waals surface area contributed by atoms with Gasteiger partial charge in [-0.1, -0.05) is 17.7 Å². The van der Waals surface area contributed by atoms with Gasteiger partial charge >= 0.3 is 0 Å². The Morgan fingerprint density at radius 1 is 1.23 bits per heavy atom. The van der Waals surface area contributed by atoms with Gasteiger partial charge in [-0.3, -0.25) is 14.6 Å². The SMILES string of the molecule is Cc1ccc2c(c1)c(=O)c(C(=O)N1CCCC1c1ccccn1)cn2C. The van der Waals surface area contributed by atoms with E-state index >= 15 is 0 Å². The molecule has 3 aromatic rings. The Morgan fingerprint density at radius 2 is 2.08 bits per heavy atom. The first-order valence-corrected chi connectivity index (χ1v) is 8.88. The second-order valence-corrected chi connectivity index (χ2v) is 6.91. The number of fused-ring (bicyclic) bond motifs is 1. The molecule has 5 heteroatoms. The van der Waals surface area contributed by atoms with E-state index in [9.17, 15) is 9.59 Å². The van der Waals surface area contributed by atoms with E-state index in [1.54, 1.807) is 17.3 Å². The van der Waals surface area contributed by atoms with Crippen molar-refractivity contribution in [2.24, 2.45) is 7.05 Å². The van der Waals surface area contributed by atoms with Gasteiger partial charge in [-0.2, -0.15) is 0 Å². The first kappa shape index (κ1) is 16.5. The third kappa shape index (κ3) is 2.69. The van der Waals surface area contributed by atoms with E-state index in [4.69, 9.17) is 0 Å². The highest BCUT2D eigenvalue weighted by molar-refractivity contribution is 5.97. The molecule has 1 aromatic carbocycles. The van der Waals surface area contributed by atoms with Crippen molar-refractivity contribution in [1.82, 2.24) is 14.5 Å². The smallest absolute Gasteiger partial charge is 0.259 e. The van der Waals surface area contributed by atoms with E-state index < -0.39 is 0 Å². The maximum atomic E-state index is 13.2. The first-order chi connectivity index (χ1) is 12.6. The molecule has 0 spiro atoms. The third-order valence-electron chi connectivity index (χ3n) is 5.12. The maximum absolute atomic E-state index is 13.2. The lowest BCUT2D eigenvalue weighted by atomic mass is 10.1. The zero-order chi connectivity index (χ0) is 18.3. The Bertz CT molecular complexity index is 1040. The van der Waals surface area contributed by atoms with Crippen molar-refractivity contribution in [2.45, 2.75) is 25.8 Å². The molecule has 2 aromatic heterocycles. The van der Waals surface area contributed by atoms with Gasteiger partial charge in [0.1, 0.15) is 5.56 Å². The van der Waals surface area contributed by atoms with Crippen molar-refractivity contribution in [3.05, 3.63) is 75.8 Å². The summed E-state index contributed by atoms with van der Waals surface area (Å²) in [6, 6.07) is 11.4. The second kappa shape index (κ2) is 6.41. The number of aryl methyl sites for hydroxylation is 2. The van der Waals surface area contributed by atoms with E-state index in [2.05, 4.69) is 4.98 Å². The van der Waals surface area contributed by atoms with Gasteiger partial charge in [0.05, 0.1) is 17.3 Å². The molecule has 0 bridgehead atoms. The van der Waals surface area contributed by atoms with E-state index in [1.165, 1.54) is 0 Å². The molecule has 3 heterocycles. The number of benzene rings is 1. The van der Waals surface area contributed by atoms with Crippen LogP contribution in [0.25, 0.3) is 10.9 Å². The molecule has 26 heavy (non-hydrogen) atoms. The Kier molecular flexibility index (Phi) is 4.07. The number of hydrogen-bond donors (Lipinski definition) is 0. The van der Waals surface area contributed by atoms with Crippen LogP contribution < -0.4 is 5.43 Å². The quantitative estimate of drug-likeness (QED) is 0.715. The standard InChI is InChI=1S/C21H21N3O2/c1-14-8-9-18-15(12-14)20(25)16(13-23(18)2)21(26)24-11-5-7-19(24)17-6-3-4-10-22-17/h3-4,6,8-10,12-13,19H,5,7,11H2,1-2H3. The molecule has 4 rings (SSSR count). The summed E-state index contributed by atoms with van der Waals surface area (Å²) in [4.78, 5) is 32.4. The Hall–Kier alpha value is -2.95. The summed E-state index contributed by atoms with van der Waals surface area (Å²) < 4.78 is 1.86. The summed E-state index contributed by atoms with van der Waals surface area (Å²) >= 11 is 0. The monoisotopic (exact) mass is 347 g/mol. The molecular formula is C21H21N3O2. The highest BCUT2D eigenvalue weighted by Crippen LogP contribution is 2.31. The predicted molar refractivity (Wildman–Crippen MR) is 101 cm³/mol. The molecule has 0 N–H and O–H groups in total. The number of carbonyl (C=O) groups excluding carboxylic acids is 1. The fraction of sp³-hybridized carbons (Fsp3) is 0.286. The number of pyridine rings is 2. The lowest BCUT2D eigenvalue weighted by Gasteiger charge is -2.24. The number of carbonyl (C=O) groups is 1. The fourth-order valence-electron chi connectivity index (χ4n) is 3.80. The Balaban J connectivity index is 1.79. The summed E-state index contributed by atoms with van der Waals surface area (Å²) in [6.45, 7) is 2.60. The topological polar surface area (TPSA) is 55.2 Å². The summed E-state index contributed by atoms with van der Waals surface area (Å²) in [7, 11) is 1.87. The zero-order valence-corrected chi connectivity index (χ0v) is 15.0. The van der Waals surface area contributed by atoms with Crippen LogP contribution in [0.4, 0.5) is 0 Å². The summed E-state index contributed by atoms with van der Waals surface area (Å²) in [6.07, 6.45) is 5.19. The Labute approximate surface area is 151 Å². The third-order valence-corrected chi connectivity index (χ3v) is 5.12. The number of amides is 1. The van der Waals surface area contributed by atoms with Crippen molar-refractivity contribution in [2.75, 3.05) is 6.54 Å². The van der Waals surface area contributed by atoms with Crippen LogP contribution >= 0.6 is 0 Å². The lowest BCUT2D eigenvalue weighted by Crippen LogP contribution is -2.34. The summed E-state index contributed by atoms with van der Waals surface area (Å²) in [5.41, 5.74) is 2.75. The maximum Gasteiger partial charge on any atom is 0.259 e. The molecule has 1 saturated heterocycles. The minimum Gasteiger partial charge on any atom is -0.350 e. The largest absolute Gasteiger partial charge is 0.350 e. The fourth-order valence-corrected chi connectivity index (χ4v) is 3.80. The van der Waals surface area contributed by atoms with Crippen molar-refractivity contribution < 1.29 is 4.79 Å². The van der Waals surface area contributed by atoms with Gasteiger partial charge in [0.25, 0.3) is 5.91 Å². The molecule has 5 nitrogen and oxygen atoms in total. The van der Waals surface area contributed by atoms with Crippen LogP contribution in [0.5, 0.6) is 0 Å². The summed E-state index contributed by atoms with van der Waals surface area (Å²) in [5.74, 6) is -0.206. The highest BCUT2D eigenvalue weighted by atomic mass is 16.2. The number of aromatic nitrogens is 2. The minimum absolute atomic E-state index is 0.0680. The number of rotatable bonds is 2. The lowest BCUT2D eigenvalue weighted by molar-refractivity contribution is 0.0731. The van der Waals surface area contributed by atoms with Crippen LogP contribution in [0.15, 0.2) is 53.6 Å². The molecule has 0 aliphatic carbocycles. The van der Waals surface area contributed by atoms with Gasteiger partial charge in [0, 0.05) is 31.4 Å². The van der Waals surface area contributed by atoms with Crippen molar-refractivity contribution in [3.8, 4) is 0 Å². The normalized spacial score (nSPS) is 17.0. The number of likely N-dealkylation sites (tertiary alicyclic amines) is 1. The number of nitrogens with zero attached hydrogens (tertiary/aromatic N) is 3. The molecular weight excluding hydrogens is 326 g/mol. The van der Waals surface area contributed by atoms with Gasteiger partial charge in [-0.25, -0.2) is 0 Å². The summed E-state index contributed by atoms with van der Waals surface area (Å²) in [5, 5.41) is 0.590. The van der Waals surface area contributed by atoms with Gasteiger partial charge in [0.2, 0.25) is 5.43 Å². The van der Waals surface area contributed by atoms with Crippen LogP contribution in [0.2, 0.25) is 0 Å². The van der Waals surface area contributed by atoms with Crippen LogP contribution in [0.3, 0.4) is 0 Å². The van der Waals surface area contributed by atoms with Crippen LogP contribution in [0, 0.1) is 6.92 Å². The molecule has 1 amide bonds. The van der Waals surface area contributed by atoms with Crippen LogP contribution in [-0.2, 0) is 7.05 Å². The van der Waals surface area contributed by atoms with Gasteiger partial charge in [0.15, 0.2) is 0 Å². The van der Waals surface area contributed by atoms with Crippen molar-refractivity contribution in [1.29, 1.82) is 0 Å². The second-order valence-electron chi connectivity index (χ2n) is 6.91.